The minimum Gasteiger partial charge on any atom is -0.355 e. The van der Waals surface area contributed by atoms with Gasteiger partial charge in [0.2, 0.25) is 53.2 Å². The molecule has 0 aromatic rings. The summed E-state index contributed by atoms with van der Waals surface area (Å²) in [5.41, 5.74) is 46.0. The third-order valence-electron chi connectivity index (χ3n) is 12.7. The van der Waals surface area contributed by atoms with E-state index < -0.39 is 30.2 Å². The van der Waals surface area contributed by atoms with Crippen LogP contribution in [0.15, 0.2) is 0 Å². The summed E-state index contributed by atoms with van der Waals surface area (Å²) in [7, 11) is 6.17. The van der Waals surface area contributed by atoms with Crippen LogP contribution in [0.2, 0.25) is 0 Å². The lowest BCUT2D eigenvalue weighted by Gasteiger charge is -2.24. The summed E-state index contributed by atoms with van der Waals surface area (Å²) in [5, 5.41) is 31.8. The zero-order valence-corrected chi connectivity index (χ0v) is 54.1. The van der Waals surface area contributed by atoms with Crippen molar-refractivity contribution in [3.8, 4) is 0 Å². The molecule has 500 valence electrons. The van der Waals surface area contributed by atoms with E-state index in [9.17, 15) is 43.2 Å². The molecule has 0 fully saturated rings. The van der Waals surface area contributed by atoms with Crippen LogP contribution in [0.25, 0.3) is 0 Å². The summed E-state index contributed by atoms with van der Waals surface area (Å²) in [6.07, 6.45) is 4.92. The number of nitrogens with zero attached hydrogens (tertiary/aromatic N) is 2. The summed E-state index contributed by atoms with van der Waals surface area (Å²) < 4.78 is 0. The van der Waals surface area contributed by atoms with Crippen LogP contribution in [0, 0.1) is 0 Å². The van der Waals surface area contributed by atoms with Gasteiger partial charge >= 0.3 is 0 Å². The largest absolute Gasteiger partial charge is 0.355 e. The molecule has 9 amide bonds. The average Bonchev–Trinajstić information content (AvgIpc) is 3.60. The SMILES string of the molecule is CCC(=O)NC(CCC(=O)NCCSSCCNC(=O)CNCCN(CCNC(=O)C(N)CCCN)CCNC(=O)C(N)CCCN)C(=O)NCCSSCCNC(=O)CNCCN(CCNC(=O)C(N)CCCN)CCNC(=O)C(N)CCCN. The van der Waals surface area contributed by atoms with Gasteiger partial charge in [-0.05, 0) is 84.0 Å². The monoisotopic (exact) mass is 1300 g/mol. The van der Waals surface area contributed by atoms with Gasteiger partial charge in [0.15, 0.2) is 0 Å². The van der Waals surface area contributed by atoms with E-state index in [2.05, 4.69) is 68.3 Å². The number of carbonyl (C=O) groups is 9. The molecule has 0 aromatic carbocycles. The van der Waals surface area contributed by atoms with Crippen molar-refractivity contribution in [1.82, 2.24) is 68.3 Å². The van der Waals surface area contributed by atoms with Gasteiger partial charge in [-0.15, -0.1) is 0 Å². The zero-order valence-electron chi connectivity index (χ0n) is 50.9. The third-order valence-corrected chi connectivity index (χ3v) is 17.5. The van der Waals surface area contributed by atoms with Crippen molar-refractivity contribution < 1.29 is 43.2 Å². The molecule has 0 radical (unpaired) electrons. The predicted octanol–water partition coefficient (Wildman–Crippen LogP) is -6.60. The number of nitrogens with one attached hydrogen (secondary N) is 11. The van der Waals surface area contributed by atoms with Crippen molar-refractivity contribution in [2.45, 2.75) is 108 Å². The van der Waals surface area contributed by atoms with Gasteiger partial charge in [0, 0.05) is 141 Å². The van der Waals surface area contributed by atoms with Gasteiger partial charge in [0.1, 0.15) is 6.04 Å². The second-order valence-corrected chi connectivity index (χ2v) is 25.4. The summed E-state index contributed by atoms with van der Waals surface area (Å²) in [4.78, 5) is 117. The fourth-order valence-corrected chi connectivity index (χ4v) is 11.3. The lowest BCUT2D eigenvalue weighted by molar-refractivity contribution is -0.129. The van der Waals surface area contributed by atoms with Gasteiger partial charge in [-0.3, -0.25) is 53.0 Å². The molecular formula is C52H109N21O9S4. The highest BCUT2D eigenvalue weighted by molar-refractivity contribution is 8.77. The molecule has 0 saturated heterocycles. The van der Waals surface area contributed by atoms with Crippen LogP contribution in [-0.2, 0) is 43.2 Å². The van der Waals surface area contributed by atoms with E-state index >= 15 is 0 Å². The summed E-state index contributed by atoms with van der Waals surface area (Å²) in [5.74, 6) is 0.188. The Bertz CT molecular complexity index is 1800. The molecule has 0 aliphatic rings. The molecule has 0 heterocycles. The maximum Gasteiger partial charge on any atom is 0.242 e. The van der Waals surface area contributed by atoms with Crippen LogP contribution in [0.5, 0.6) is 0 Å². The lowest BCUT2D eigenvalue weighted by atomic mass is 10.1. The molecular weight excluding hydrogens is 1190 g/mol. The molecule has 0 bridgehead atoms. The molecule has 0 saturated carbocycles. The first-order valence-corrected chi connectivity index (χ1v) is 35.1. The van der Waals surface area contributed by atoms with Crippen molar-refractivity contribution in [3.05, 3.63) is 0 Å². The first-order chi connectivity index (χ1) is 41.4. The van der Waals surface area contributed by atoms with E-state index in [1.807, 2.05) is 0 Å². The van der Waals surface area contributed by atoms with Crippen LogP contribution in [0.4, 0.5) is 0 Å². The van der Waals surface area contributed by atoms with E-state index in [0.717, 1.165) is 0 Å². The Morgan fingerprint density at radius 2 is 0.651 bits per heavy atom. The number of amides is 9. The smallest absolute Gasteiger partial charge is 0.242 e. The Hall–Kier alpha value is -3.85. The minimum atomic E-state index is -0.874. The lowest BCUT2D eigenvalue weighted by Crippen LogP contribution is -2.47. The van der Waals surface area contributed by atoms with Crippen molar-refractivity contribution >= 4 is 96.3 Å². The Kier molecular flexibility index (Phi) is 53.9. The Morgan fingerprint density at radius 3 is 0.965 bits per heavy atom. The second-order valence-electron chi connectivity index (χ2n) is 20.0. The highest BCUT2D eigenvalue weighted by Crippen LogP contribution is 2.20. The molecule has 34 heteroatoms. The van der Waals surface area contributed by atoms with E-state index in [-0.39, 0.29) is 85.5 Å². The normalized spacial score (nSPS) is 13.0. The van der Waals surface area contributed by atoms with Crippen LogP contribution in [0.1, 0.15) is 77.6 Å². The maximum absolute atomic E-state index is 13.1. The fourth-order valence-electron chi connectivity index (χ4n) is 7.62. The molecule has 86 heavy (non-hydrogen) atoms. The number of hydrogen-bond donors (Lipinski definition) is 19. The van der Waals surface area contributed by atoms with Crippen molar-refractivity contribution in [2.75, 3.05) is 167 Å². The topological polar surface area (TPSA) is 501 Å². The molecule has 0 aromatic heterocycles. The van der Waals surface area contributed by atoms with Crippen molar-refractivity contribution in [3.63, 3.8) is 0 Å². The quantitative estimate of drug-likeness (QED) is 0.0199. The van der Waals surface area contributed by atoms with E-state index in [4.69, 9.17) is 45.9 Å². The van der Waals surface area contributed by atoms with Crippen LogP contribution in [0.3, 0.4) is 0 Å². The summed E-state index contributed by atoms with van der Waals surface area (Å²) in [6.45, 7) is 10.8. The highest BCUT2D eigenvalue weighted by Gasteiger charge is 2.22. The standard InChI is InChI=1S/C52H109N21O9S4/c1-2-44(74)71-43(52(82)70-26-36-86-85-35-25-65-47(77)38-62-18-28-73(31-21-68-50(80)41(59)9-5-15-55)32-22-69-51(81)42(60)10-6-16-56)11-12-45(75)63-23-33-83-84-34-24-64-46(76)37-61-17-27-72(29-19-66-48(78)39(57)7-3-13-53)30-20-67-49(79)40(58)8-4-14-54/h39-43,61-62H,2-38,53-60H2,1H3,(H,63,75)(H,64,76)(H,65,77)(H,66,78)(H,67,79)(H,68,80)(H,69,81)(H,70,82)(H,71,74). The number of rotatable bonds is 58. The van der Waals surface area contributed by atoms with Gasteiger partial charge in [0.05, 0.1) is 37.3 Å². The maximum atomic E-state index is 13.1. The molecule has 0 aliphatic heterocycles. The molecule has 0 spiro atoms. The van der Waals surface area contributed by atoms with Crippen molar-refractivity contribution in [2.24, 2.45) is 45.9 Å². The molecule has 0 aliphatic carbocycles. The molecule has 0 rings (SSSR count). The van der Waals surface area contributed by atoms with Crippen LogP contribution in [-0.4, -0.2) is 260 Å². The first-order valence-electron chi connectivity index (χ1n) is 30.1. The fraction of sp³-hybridized carbons (Fsp3) is 0.827. The number of carbonyl (C=O) groups excluding carboxylic acids is 9. The Balaban J connectivity index is 4.49. The molecule has 30 nitrogen and oxygen atoms in total. The van der Waals surface area contributed by atoms with Gasteiger partial charge in [0.25, 0.3) is 0 Å². The third kappa shape index (κ3) is 47.2. The minimum absolute atomic E-state index is 0.0374. The Morgan fingerprint density at radius 1 is 0.360 bits per heavy atom. The summed E-state index contributed by atoms with van der Waals surface area (Å²) in [6, 6.07) is -3.43. The summed E-state index contributed by atoms with van der Waals surface area (Å²) >= 11 is 0. The van der Waals surface area contributed by atoms with Gasteiger partial charge in [-0.25, -0.2) is 0 Å². The Labute approximate surface area is 525 Å². The van der Waals surface area contributed by atoms with E-state index in [0.29, 0.717) is 205 Å². The predicted molar refractivity (Wildman–Crippen MR) is 349 cm³/mol. The molecule has 5 unspecified atom stereocenters. The van der Waals surface area contributed by atoms with E-state index in [1.54, 1.807) is 28.5 Å². The zero-order chi connectivity index (χ0) is 64.0. The van der Waals surface area contributed by atoms with Gasteiger partial charge in [-0.2, -0.15) is 0 Å². The molecule has 27 N–H and O–H groups in total. The second kappa shape index (κ2) is 56.4. The number of hydrogen-bond acceptors (Lipinski definition) is 25. The average molecular weight is 1300 g/mol. The molecule has 5 atom stereocenters. The van der Waals surface area contributed by atoms with Gasteiger partial charge < -0.3 is 104 Å². The van der Waals surface area contributed by atoms with E-state index in [1.165, 1.54) is 21.6 Å². The van der Waals surface area contributed by atoms with Crippen molar-refractivity contribution in [1.29, 1.82) is 0 Å². The van der Waals surface area contributed by atoms with Crippen LogP contribution >= 0.6 is 43.2 Å². The number of nitrogens with two attached hydrogens (primary N) is 8. The highest BCUT2D eigenvalue weighted by atomic mass is 33.1. The van der Waals surface area contributed by atoms with Gasteiger partial charge in [-0.1, -0.05) is 50.1 Å². The first kappa shape index (κ1) is 82.1. The van der Waals surface area contributed by atoms with Crippen LogP contribution < -0.4 is 104 Å².